The molecule has 3 aromatic rings. The number of amides is 1. The third-order valence-corrected chi connectivity index (χ3v) is 5.73. The van der Waals surface area contributed by atoms with Gasteiger partial charge in [0.05, 0.1) is 19.3 Å². The Morgan fingerprint density at radius 1 is 1.03 bits per heavy atom. The molecular weight excluding hydrogens is 390 g/mol. The first kappa shape index (κ1) is 21.3. The monoisotopic (exact) mass is 419 g/mol. The summed E-state index contributed by atoms with van der Waals surface area (Å²) in [6, 6.07) is 20.1. The number of aromatic nitrogens is 1. The molecule has 1 fully saturated rings. The molecule has 4 rings (SSSR count). The van der Waals surface area contributed by atoms with Gasteiger partial charge in [0.15, 0.2) is 11.5 Å². The van der Waals surface area contributed by atoms with Crippen LogP contribution >= 0.6 is 0 Å². The van der Waals surface area contributed by atoms with Gasteiger partial charge >= 0.3 is 0 Å². The molecule has 0 bridgehead atoms. The van der Waals surface area contributed by atoms with E-state index in [4.69, 9.17) is 9.26 Å². The van der Waals surface area contributed by atoms with Crippen LogP contribution in [0.3, 0.4) is 0 Å². The van der Waals surface area contributed by atoms with Gasteiger partial charge in [0, 0.05) is 31.3 Å². The van der Waals surface area contributed by atoms with Crippen molar-refractivity contribution < 1.29 is 14.1 Å². The molecule has 0 unspecified atom stereocenters. The maximum absolute atomic E-state index is 12.8. The van der Waals surface area contributed by atoms with Gasteiger partial charge in [0.25, 0.3) is 5.91 Å². The highest BCUT2D eigenvalue weighted by atomic mass is 16.5. The molecule has 0 saturated carbocycles. The van der Waals surface area contributed by atoms with Crippen molar-refractivity contribution in [3.05, 3.63) is 77.5 Å². The minimum Gasteiger partial charge on any atom is -0.379 e. The molecule has 0 aliphatic carbocycles. The van der Waals surface area contributed by atoms with E-state index in [0.717, 1.165) is 18.7 Å². The number of morpholine rings is 1. The summed E-state index contributed by atoms with van der Waals surface area (Å²) < 4.78 is 10.9. The van der Waals surface area contributed by atoms with Crippen LogP contribution < -0.4 is 5.32 Å². The summed E-state index contributed by atoms with van der Waals surface area (Å²) in [6.07, 6.45) is 0. The Balaban J connectivity index is 1.47. The second-order valence-corrected chi connectivity index (χ2v) is 8.14. The Labute approximate surface area is 183 Å². The van der Waals surface area contributed by atoms with E-state index in [1.165, 1.54) is 11.1 Å². The van der Waals surface area contributed by atoms with Crippen LogP contribution in [-0.4, -0.2) is 48.8 Å². The summed E-state index contributed by atoms with van der Waals surface area (Å²) in [4.78, 5) is 15.1. The van der Waals surface area contributed by atoms with Crippen molar-refractivity contribution in [2.24, 2.45) is 0 Å². The molecule has 1 aliphatic rings. The topological polar surface area (TPSA) is 67.6 Å². The first-order valence-electron chi connectivity index (χ1n) is 10.8. The number of hydrogen-bond acceptors (Lipinski definition) is 5. The van der Waals surface area contributed by atoms with Gasteiger partial charge in [0.2, 0.25) is 0 Å². The van der Waals surface area contributed by atoms with Crippen LogP contribution in [0.5, 0.6) is 0 Å². The number of carbonyl (C=O) groups excluding carboxylic acids is 1. The average molecular weight is 420 g/mol. The highest BCUT2D eigenvalue weighted by Gasteiger charge is 2.24. The average Bonchev–Trinajstić information content (AvgIpc) is 3.31. The zero-order valence-electron chi connectivity index (χ0n) is 18.1. The number of benzene rings is 2. The van der Waals surface area contributed by atoms with E-state index in [2.05, 4.69) is 53.5 Å². The lowest BCUT2D eigenvalue weighted by Gasteiger charge is -2.35. The summed E-state index contributed by atoms with van der Waals surface area (Å²) in [5.74, 6) is 0.837. The molecule has 2 aromatic carbocycles. The summed E-state index contributed by atoms with van der Waals surface area (Å²) in [7, 11) is 0. The lowest BCUT2D eigenvalue weighted by atomic mass is 9.98. The Hall–Kier alpha value is -2.96. The van der Waals surface area contributed by atoms with Crippen LogP contribution in [0.25, 0.3) is 11.3 Å². The molecule has 1 aromatic heterocycles. The fraction of sp³-hybridized carbons (Fsp3) is 0.360. The predicted molar refractivity (Wildman–Crippen MR) is 120 cm³/mol. The summed E-state index contributed by atoms with van der Waals surface area (Å²) >= 11 is 0. The molecule has 6 heteroatoms. The molecule has 31 heavy (non-hydrogen) atoms. The Kier molecular flexibility index (Phi) is 6.79. The number of hydrogen-bond donors (Lipinski definition) is 1. The summed E-state index contributed by atoms with van der Waals surface area (Å²) in [5, 5.41) is 7.02. The van der Waals surface area contributed by atoms with Crippen molar-refractivity contribution >= 4 is 5.91 Å². The Morgan fingerprint density at radius 2 is 1.71 bits per heavy atom. The normalized spacial score (nSPS) is 15.7. The third kappa shape index (κ3) is 5.21. The molecule has 2 heterocycles. The highest BCUT2D eigenvalue weighted by molar-refractivity contribution is 5.93. The van der Waals surface area contributed by atoms with E-state index >= 15 is 0 Å². The lowest BCUT2D eigenvalue weighted by molar-refractivity contribution is 0.0162. The van der Waals surface area contributed by atoms with Crippen molar-refractivity contribution in [2.75, 3.05) is 32.8 Å². The zero-order valence-corrected chi connectivity index (χ0v) is 18.1. The maximum atomic E-state index is 12.8. The quantitative estimate of drug-likeness (QED) is 0.620. The number of nitrogens with one attached hydrogen (secondary N) is 1. The van der Waals surface area contributed by atoms with Gasteiger partial charge in [0.1, 0.15) is 0 Å². The second-order valence-electron chi connectivity index (χ2n) is 8.14. The molecule has 1 amide bonds. The van der Waals surface area contributed by atoms with Crippen LogP contribution in [0.15, 0.2) is 65.2 Å². The third-order valence-electron chi connectivity index (χ3n) is 5.73. The van der Waals surface area contributed by atoms with Gasteiger partial charge in [-0.3, -0.25) is 9.69 Å². The molecule has 1 N–H and O–H groups in total. The van der Waals surface area contributed by atoms with E-state index in [0.29, 0.717) is 31.4 Å². The van der Waals surface area contributed by atoms with Crippen LogP contribution in [0.4, 0.5) is 0 Å². The molecule has 1 saturated heterocycles. The molecule has 1 aliphatic heterocycles. The number of nitrogens with zero attached hydrogens (tertiary/aromatic N) is 2. The molecule has 0 radical (unpaired) electrons. The van der Waals surface area contributed by atoms with Gasteiger partial charge < -0.3 is 14.6 Å². The molecule has 6 nitrogen and oxygen atoms in total. The van der Waals surface area contributed by atoms with Gasteiger partial charge in [-0.2, -0.15) is 0 Å². The van der Waals surface area contributed by atoms with Crippen LogP contribution in [0, 0.1) is 0 Å². The van der Waals surface area contributed by atoms with Crippen LogP contribution in [0.1, 0.15) is 47.4 Å². The highest BCUT2D eigenvalue weighted by Crippen LogP contribution is 2.24. The second kappa shape index (κ2) is 9.90. The fourth-order valence-corrected chi connectivity index (χ4v) is 3.85. The first-order valence-corrected chi connectivity index (χ1v) is 10.8. The molecule has 1 atom stereocenters. The molecular formula is C25H29N3O3. The maximum Gasteiger partial charge on any atom is 0.273 e. The van der Waals surface area contributed by atoms with Gasteiger partial charge in [-0.15, -0.1) is 0 Å². The fourth-order valence-electron chi connectivity index (χ4n) is 3.85. The Morgan fingerprint density at radius 3 is 2.39 bits per heavy atom. The van der Waals surface area contributed by atoms with Crippen LogP contribution in [-0.2, 0) is 4.74 Å². The number of carbonyl (C=O) groups is 1. The van der Waals surface area contributed by atoms with E-state index in [1.54, 1.807) is 6.07 Å². The summed E-state index contributed by atoms with van der Waals surface area (Å²) in [6.45, 7) is 7.97. The smallest absolute Gasteiger partial charge is 0.273 e. The van der Waals surface area contributed by atoms with Crippen molar-refractivity contribution in [3.63, 3.8) is 0 Å². The zero-order chi connectivity index (χ0) is 21.6. The van der Waals surface area contributed by atoms with Crippen molar-refractivity contribution in [2.45, 2.75) is 25.8 Å². The van der Waals surface area contributed by atoms with Gasteiger partial charge in [-0.1, -0.05) is 73.6 Å². The first-order chi connectivity index (χ1) is 15.1. The molecule has 0 spiro atoms. The number of rotatable bonds is 7. The van der Waals surface area contributed by atoms with E-state index in [-0.39, 0.29) is 17.6 Å². The SMILES string of the molecule is CC(C)c1ccc([C@H](CNC(=O)c2cc(-c3ccccc3)on2)N2CCOCC2)cc1. The molecule has 162 valence electrons. The minimum absolute atomic E-state index is 0.0783. The Bertz CT molecular complexity index is 977. The lowest BCUT2D eigenvalue weighted by Crippen LogP contribution is -2.43. The van der Waals surface area contributed by atoms with Crippen molar-refractivity contribution in [1.82, 2.24) is 15.4 Å². The van der Waals surface area contributed by atoms with Crippen LogP contribution in [0.2, 0.25) is 0 Å². The van der Waals surface area contributed by atoms with Crippen molar-refractivity contribution in [1.29, 1.82) is 0 Å². The number of ether oxygens (including phenoxy) is 1. The van der Waals surface area contributed by atoms with E-state index < -0.39 is 0 Å². The minimum atomic E-state index is -0.233. The van der Waals surface area contributed by atoms with E-state index in [1.807, 2.05) is 30.3 Å². The largest absolute Gasteiger partial charge is 0.379 e. The standard InChI is InChI=1S/C25H29N3O3/c1-18(2)19-8-10-20(11-9-19)23(28-12-14-30-15-13-28)17-26-25(29)22-16-24(31-27-22)21-6-4-3-5-7-21/h3-11,16,18,23H,12-15,17H2,1-2H3,(H,26,29)/t23-/m0/s1. The van der Waals surface area contributed by atoms with Crippen molar-refractivity contribution in [3.8, 4) is 11.3 Å². The van der Waals surface area contributed by atoms with E-state index in [9.17, 15) is 4.79 Å². The van der Waals surface area contributed by atoms with Gasteiger partial charge in [-0.05, 0) is 17.0 Å². The summed E-state index contributed by atoms with van der Waals surface area (Å²) in [5.41, 5.74) is 3.68. The predicted octanol–water partition coefficient (Wildman–Crippen LogP) is 4.27. The van der Waals surface area contributed by atoms with Gasteiger partial charge in [-0.25, -0.2) is 0 Å².